The molecule has 3 heterocycles. The van der Waals surface area contributed by atoms with Gasteiger partial charge >= 0.3 is 0 Å². The smallest absolute Gasteiger partial charge is 0.225 e. The van der Waals surface area contributed by atoms with Crippen molar-refractivity contribution in [3.8, 4) is 11.4 Å². The number of hydrogen-bond donors (Lipinski definition) is 0. The second kappa shape index (κ2) is 9.18. The lowest BCUT2D eigenvalue weighted by atomic mass is 9.90. The molecule has 1 saturated carbocycles. The molecule has 0 N–H and O–H groups in total. The van der Waals surface area contributed by atoms with Crippen LogP contribution in [0.4, 0.5) is 10.3 Å². The van der Waals surface area contributed by atoms with E-state index in [1.807, 2.05) is 12.4 Å². The van der Waals surface area contributed by atoms with Gasteiger partial charge in [-0.1, -0.05) is 6.92 Å². The van der Waals surface area contributed by atoms with E-state index in [-0.39, 0.29) is 5.75 Å². The number of nitrogens with zero attached hydrogens (tertiary/aromatic N) is 7. The third kappa shape index (κ3) is 4.56. The van der Waals surface area contributed by atoms with Gasteiger partial charge in [-0.3, -0.25) is 0 Å². The summed E-state index contributed by atoms with van der Waals surface area (Å²) in [5.41, 5.74) is 1.75. The van der Waals surface area contributed by atoms with Crippen molar-refractivity contribution >= 4 is 5.95 Å². The Bertz CT molecular complexity index is 1020. The van der Waals surface area contributed by atoms with E-state index in [2.05, 4.69) is 37.3 Å². The maximum atomic E-state index is 14.3. The van der Waals surface area contributed by atoms with Crippen molar-refractivity contribution in [1.82, 2.24) is 30.2 Å². The summed E-state index contributed by atoms with van der Waals surface area (Å²) in [7, 11) is 0. The molecule has 32 heavy (non-hydrogen) atoms. The molecule has 2 aromatic heterocycles. The van der Waals surface area contributed by atoms with E-state index in [1.54, 1.807) is 12.1 Å². The fourth-order valence-corrected chi connectivity index (χ4v) is 4.75. The maximum Gasteiger partial charge on any atom is 0.225 e. The summed E-state index contributed by atoms with van der Waals surface area (Å²) >= 11 is 0. The van der Waals surface area contributed by atoms with E-state index < -0.39 is 5.82 Å². The molecule has 1 aliphatic heterocycles. The molecule has 8 nitrogen and oxygen atoms in total. The van der Waals surface area contributed by atoms with Crippen LogP contribution in [-0.2, 0) is 6.42 Å². The summed E-state index contributed by atoms with van der Waals surface area (Å²) in [5, 5.41) is 10.9. The molecule has 3 aromatic rings. The zero-order chi connectivity index (χ0) is 21.9. The Hall–Kier alpha value is -3.10. The summed E-state index contributed by atoms with van der Waals surface area (Å²) < 4.78 is 21.5. The van der Waals surface area contributed by atoms with Crippen molar-refractivity contribution in [2.75, 3.05) is 24.6 Å². The number of aryl methyl sites for hydroxylation is 1. The Morgan fingerprint density at radius 3 is 2.66 bits per heavy atom. The number of anilines is 1. The summed E-state index contributed by atoms with van der Waals surface area (Å²) in [6, 6.07) is 4.78. The van der Waals surface area contributed by atoms with Crippen LogP contribution in [0.5, 0.6) is 5.75 Å². The molecule has 5 rings (SSSR count). The summed E-state index contributed by atoms with van der Waals surface area (Å²) in [6.45, 7) is 4.70. The fourth-order valence-electron chi connectivity index (χ4n) is 4.75. The molecule has 0 unspecified atom stereocenters. The van der Waals surface area contributed by atoms with E-state index in [4.69, 9.17) is 4.74 Å². The third-order valence-corrected chi connectivity index (χ3v) is 6.78. The molecular formula is C23H28FN7O. The highest BCUT2D eigenvalue weighted by molar-refractivity contribution is 5.37. The summed E-state index contributed by atoms with van der Waals surface area (Å²) in [4.78, 5) is 11.4. The van der Waals surface area contributed by atoms with E-state index in [1.165, 1.54) is 41.9 Å². The van der Waals surface area contributed by atoms with Gasteiger partial charge < -0.3 is 9.64 Å². The number of tetrazole rings is 1. The largest absolute Gasteiger partial charge is 0.491 e. The monoisotopic (exact) mass is 437 g/mol. The van der Waals surface area contributed by atoms with Gasteiger partial charge in [0.25, 0.3) is 0 Å². The average Bonchev–Trinajstić information content (AvgIpc) is 3.39. The van der Waals surface area contributed by atoms with E-state index in [0.29, 0.717) is 18.2 Å². The van der Waals surface area contributed by atoms with Crippen LogP contribution in [0.25, 0.3) is 5.69 Å². The van der Waals surface area contributed by atoms with Gasteiger partial charge in [-0.05, 0) is 78.0 Å². The molecule has 2 aliphatic rings. The van der Waals surface area contributed by atoms with Crippen molar-refractivity contribution in [2.45, 2.75) is 39.0 Å². The number of halogens is 1. The number of benzene rings is 1. The van der Waals surface area contributed by atoms with Crippen LogP contribution in [0, 0.1) is 23.6 Å². The molecule has 2 fully saturated rings. The van der Waals surface area contributed by atoms with Gasteiger partial charge in [0.1, 0.15) is 6.33 Å². The van der Waals surface area contributed by atoms with E-state index >= 15 is 0 Å². The maximum absolute atomic E-state index is 14.3. The standard InChI is InChI=1S/C23H28FN7O/c1-2-16-13-25-23(26-14-16)30-8-5-17(6-9-30)20-11-18(20)7-10-32-22-4-3-19(12-21(22)24)31-15-27-28-29-31/h3-4,12-15,17-18,20H,2,5-11H2,1H3/t18-,20+/m0/s1. The van der Waals surface area contributed by atoms with Gasteiger partial charge in [0.05, 0.1) is 12.3 Å². The van der Waals surface area contributed by atoms with Gasteiger partial charge in [-0.2, -0.15) is 0 Å². The highest BCUT2D eigenvalue weighted by atomic mass is 19.1. The molecule has 1 aromatic carbocycles. The predicted octanol–water partition coefficient (Wildman–Crippen LogP) is 3.48. The van der Waals surface area contributed by atoms with Crippen LogP contribution < -0.4 is 9.64 Å². The molecule has 0 bridgehead atoms. The number of hydrogen-bond acceptors (Lipinski definition) is 7. The van der Waals surface area contributed by atoms with Crippen molar-refractivity contribution in [3.63, 3.8) is 0 Å². The Balaban J connectivity index is 1.05. The van der Waals surface area contributed by atoms with Gasteiger partial charge in [0.15, 0.2) is 11.6 Å². The first-order chi connectivity index (χ1) is 15.7. The first-order valence-corrected chi connectivity index (χ1v) is 11.4. The van der Waals surface area contributed by atoms with Gasteiger partial charge in [-0.25, -0.2) is 19.0 Å². The third-order valence-electron chi connectivity index (χ3n) is 6.78. The lowest BCUT2D eigenvalue weighted by Crippen LogP contribution is -2.35. The topological polar surface area (TPSA) is 81.9 Å². The molecule has 2 atom stereocenters. The Morgan fingerprint density at radius 2 is 1.97 bits per heavy atom. The summed E-state index contributed by atoms with van der Waals surface area (Å²) in [6.07, 6.45) is 10.9. The van der Waals surface area contributed by atoms with Crippen LogP contribution in [0.15, 0.2) is 36.9 Å². The quantitative estimate of drug-likeness (QED) is 0.534. The normalized spacial score (nSPS) is 21.0. The second-order valence-electron chi connectivity index (χ2n) is 8.74. The van der Waals surface area contributed by atoms with Crippen LogP contribution >= 0.6 is 0 Å². The minimum absolute atomic E-state index is 0.279. The SMILES string of the molecule is CCc1cnc(N2CCC([C@H]3C[C@@H]3CCOc3ccc(-n4cnnn4)cc3F)CC2)nc1. The molecule has 9 heteroatoms. The number of aromatic nitrogens is 6. The van der Waals surface area contributed by atoms with Crippen molar-refractivity contribution in [1.29, 1.82) is 0 Å². The van der Waals surface area contributed by atoms with Gasteiger partial charge in [0.2, 0.25) is 5.95 Å². The molecule has 0 spiro atoms. The lowest BCUT2D eigenvalue weighted by Gasteiger charge is -2.32. The minimum Gasteiger partial charge on any atom is -0.491 e. The predicted molar refractivity (Wildman–Crippen MR) is 117 cm³/mol. The van der Waals surface area contributed by atoms with E-state index in [9.17, 15) is 4.39 Å². The fraction of sp³-hybridized carbons (Fsp3) is 0.522. The molecular weight excluding hydrogens is 409 g/mol. The van der Waals surface area contributed by atoms with Crippen LogP contribution in [0.1, 0.15) is 38.2 Å². The zero-order valence-electron chi connectivity index (χ0n) is 18.3. The molecule has 168 valence electrons. The van der Waals surface area contributed by atoms with Crippen molar-refractivity contribution < 1.29 is 9.13 Å². The van der Waals surface area contributed by atoms with Crippen LogP contribution in [0.3, 0.4) is 0 Å². The van der Waals surface area contributed by atoms with Crippen LogP contribution in [-0.4, -0.2) is 49.9 Å². The lowest BCUT2D eigenvalue weighted by molar-refractivity contribution is 0.274. The Labute approximate surface area is 186 Å². The molecule has 1 aliphatic carbocycles. The van der Waals surface area contributed by atoms with Crippen molar-refractivity contribution in [3.05, 3.63) is 48.3 Å². The van der Waals surface area contributed by atoms with Crippen LogP contribution in [0.2, 0.25) is 0 Å². The molecule has 1 saturated heterocycles. The first-order valence-electron chi connectivity index (χ1n) is 11.4. The first kappa shape index (κ1) is 20.8. The number of ether oxygens (including phenoxy) is 1. The van der Waals surface area contributed by atoms with Crippen molar-refractivity contribution in [2.24, 2.45) is 17.8 Å². The molecule has 0 radical (unpaired) electrons. The average molecular weight is 438 g/mol. The number of piperidine rings is 1. The molecule has 0 amide bonds. The zero-order valence-corrected chi connectivity index (χ0v) is 18.3. The highest BCUT2D eigenvalue weighted by Gasteiger charge is 2.43. The van der Waals surface area contributed by atoms with Gasteiger partial charge in [0, 0.05) is 31.5 Å². The second-order valence-corrected chi connectivity index (χ2v) is 8.74. The Kier molecular flexibility index (Phi) is 5.96. The highest BCUT2D eigenvalue weighted by Crippen LogP contribution is 2.49. The van der Waals surface area contributed by atoms with E-state index in [0.717, 1.165) is 43.7 Å². The summed E-state index contributed by atoms with van der Waals surface area (Å²) in [5.74, 6) is 2.97. The van der Waals surface area contributed by atoms with Gasteiger partial charge in [-0.15, -0.1) is 5.10 Å². The Morgan fingerprint density at radius 1 is 1.16 bits per heavy atom. The minimum atomic E-state index is -0.396. The number of rotatable bonds is 8.